The molecule has 126 valence electrons. The number of nitrogens with one attached hydrogen (secondary N) is 1. The van der Waals surface area contributed by atoms with Crippen molar-refractivity contribution in [1.82, 2.24) is 0 Å². The summed E-state index contributed by atoms with van der Waals surface area (Å²) < 4.78 is 39.2. The quantitative estimate of drug-likeness (QED) is 0.841. The van der Waals surface area contributed by atoms with Gasteiger partial charge in [0.05, 0.1) is 17.6 Å². The Kier molecular flexibility index (Phi) is 4.35. The van der Waals surface area contributed by atoms with Crippen LogP contribution in [0.1, 0.15) is 15.9 Å². The second-order valence-corrected chi connectivity index (χ2v) is 8.33. The van der Waals surface area contributed by atoms with E-state index in [1.165, 1.54) is 22.5 Å². The van der Waals surface area contributed by atoms with E-state index in [2.05, 4.69) is 21.2 Å². The Hall–Kier alpha value is -1.93. The Morgan fingerprint density at radius 2 is 2.00 bits per heavy atom. The molecule has 1 amide bonds. The average Bonchev–Trinajstić information content (AvgIpc) is 2.93. The van der Waals surface area contributed by atoms with Gasteiger partial charge < -0.3 is 5.32 Å². The van der Waals surface area contributed by atoms with Gasteiger partial charge in [0.2, 0.25) is 10.0 Å². The van der Waals surface area contributed by atoms with Crippen LogP contribution in [0.2, 0.25) is 0 Å². The lowest BCUT2D eigenvalue weighted by molar-refractivity contribution is 0.102. The van der Waals surface area contributed by atoms with E-state index in [0.717, 1.165) is 11.8 Å². The Morgan fingerprint density at radius 3 is 2.67 bits per heavy atom. The number of halogens is 2. The monoisotopic (exact) mass is 412 g/mol. The number of benzene rings is 2. The fraction of sp³-hybridized carbons (Fsp3) is 0.188. The highest BCUT2D eigenvalue weighted by Gasteiger charge is 2.26. The second-order valence-electron chi connectivity index (χ2n) is 5.51. The molecule has 0 fully saturated rings. The zero-order valence-electron chi connectivity index (χ0n) is 12.7. The van der Waals surface area contributed by atoms with Crippen LogP contribution in [0.25, 0.3) is 0 Å². The van der Waals surface area contributed by atoms with Crippen molar-refractivity contribution in [3.8, 4) is 0 Å². The molecular weight excluding hydrogens is 399 g/mol. The maximum absolute atomic E-state index is 13.8. The van der Waals surface area contributed by atoms with Crippen molar-refractivity contribution < 1.29 is 17.6 Å². The van der Waals surface area contributed by atoms with Crippen LogP contribution in [-0.4, -0.2) is 27.1 Å². The van der Waals surface area contributed by atoms with E-state index in [1.807, 2.05) is 0 Å². The van der Waals surface area contributed by atoms with E-state index in [4.69, 9.17) is 0 Å². The number of amides is 1. The van der Waals surface area contributed by atoms with Gasteiger partial charge in [0.25, 0.3) is 5.91 Å². The highest BCUT2D eigenvalue weighted by atomic mass is 79.9. The lowest BCUT2D eigenvalue weighted by Gasteiger charge is -2.16. The summed E-state index contributed by atoms with van der Waals surface area (Å²) in [4.78, 5) is 12.3. The first-order valence-corrected chi connectivity index (χ1v) is 9.77. The van der Waals surface area contributed by atoms with Crippen molar-refractivity contribution >= 4 is 43.2 Å². The van der Waals surface area contributed by atoms with Gasteiger partial charge in [-0.2, -0.15) is 0 Å². The number of fused-ring (bicyclic) bond motifs is 1. The molecule has 0 atom stereocenters. The SMILES string of the molecule is CS(=O)(=O)N1CCc2cc(C(=O)Nc3ccc(Br)cc3F)ccc21. The van der Waals surface area contributed by atoms with Gasteiger partial charge in [-0.15, -0.1) is 0 Å². The van der Waals surface area contributed by atoms with E-state index in [1.54, 1.807) is 18.2 Å². The van der Waals surface area contributed by atoms with Gasteiger partial charge in [0.15, 0.2) is 0 Å². The molecule has 8 heteroatoms. The molecule has 0 spiro atoms. The van der Waals surface area contributed by atoms with Gasteiger partial charge >= 0.3 is 0 Å². The van der Waals surface area contributed by atoms with Crippen LogP contribution in [-0.2, 0) is 16.4 Å². The number of rotatable bonds is 3. The molecule has 0 saturated carbocycles. The van der Waals surface area contributed by atoms with Gasteiger partial charge in [-0.25, -0.2) is 12.8 Å². The van der Waals surface area contributed by atoms with E-state index in [9.17, 15) is 17.6 Å². The first-order valence-electron chi connectivity index (χ1n) is 7.13. The second kappa shape index (κ2) is 6.18. The molecule has 3 rings (SSSR count). The number of anilines is 2. The number of carbonyl (C=O) groups is 1. The predicted octanol–water partition coefficient (Wildman–Crippen LogP) is 3.16. The normalized spacial score (nSPS) is 13.7. The molecule has 2 aromatic rings. The average molecular weight is 413 g/mol. The largest absolute Gasteiger partial charge is 0.319 e. The molecule has 0 saturated heterocycles. The van der Waals surface area contributed by atoms with E-state index >= 15 is 0 Å². The van der Waals surface area contributed by atoms with Crippen LogP contribution >= 0.6 is 15.9 Å². The van der Waals surface area contributed by atoms with Crippen molar-refractivity contribution in [2.24, 2.45) is 0 Å². The summed E-state index contributed by atoms with van der Waals surface area (Å²) in [7, 11) is -3.33. The number of nitrogens with zero attached hydrogens (tertiary/aromatic N) is 1. The van der Waals surface area contributed by atoms with Crippen molar-refractivity contribution in [3.63, 3.8) is 0 Å². The molecule has 1 heterocycles. The summed E-state index contributed by atoms with van der Waals surface area (Å²) in [6.07, 6.45) is 1.69. The minimum Gasteiger partial charge on any atom is -0.319 e. The maximum Gasteiger partial charge on any atom is 0.255 e. The smallest absolute Gasteiger partial charge is 0.255 e. The Bertz CT molecular complexity index is 931. The van der Waals surface area contributed by atoms with Crippen LogP contribution in [0.5, 0.6) is 0 Å². The molecule has 0 bridgehead atoms. The summed E-state index contributed by atoms with van der Waals surface area (Å²) in [5.41, 5.74) is 1.81. The molecular formula is C16H14BrFN2O3S. The number of hydrogen-bond acceptors (Lipinski definition) is 3. The maximum atomic E-state index is 13.8. The van der Waals surface area contributed by atoms with E-state index in [0.29, 0.717) is 28.7 Å². The summed E-state index contributed by atoms with van der Waals surface area (Å²) in [5, 5.41) is 2.52. The highest BCUT2D eigenvalue weighted by Crippen LogP contribution is 2.31. The minimum absolute atomic E-state index is 0.0847. The Morgan fingerprint density at radius 1 is 1.25 bits per heavy atom. The lowest BCUT2D eigenvalue weighted by Crippen LogP contribution is -2.27. The van der Waals surface area contributed by atoms with Gasteiger partial charge in [-0.1, -0.05) is 15.9 Å². The number of sulfonamides is 1. The standard InChI is InChI=1S/C16H14BrFN2O3S/c1-24(22,23)20-7-6-10-8-11(2-5-15(10)20)16(21)19-14-4-3-12(17)9-13(14)18/h2-5,8-9H,6-7H2,1H3,(H,19,21). The predicted molar refractivity (Wildman–Crippen MR) is 94.4 cm³/mol. The van der Waals surface area contributed by atoms with Crippen molar-refractivity contribution in [1.29, 1.82) is 0 Å². The molecule has 2 aromatic carbocycles. The Balaban J connectivity index is 1.85. The molecule has 24 heavy (non-hydrogen) atoms. The van der Waals surface area contributed by atoms with Crippen molar-refractivity contribution in [3.05, 3.63) is 57.8 Å². The first-order chi connectivity index (χ1) is 11.3. The van der Waals surface area contributed by atoms with Gasteiger partial charge in [0, 0.05) is 16.6 Å². The molecule has 1 aliphatic heterocycles. The summed E-state index contributed by atoms with van der Waals surface area (Å²) >= 11 is 3.16. The topological polar surface area (TPSA) is 66.5 Å². The fourth-order valence-electron chi connectivity index (χ4n) is 2.64. The van der Waals surface area contributed by atoms with E-state index in [-0.39, 0.29) is 5.69 Å². The minimum atomic E-state index is -3.33. The summed E-state index contributed by atoms with van der Waals surface area (Å²) in [6, 6.07) is 9.15. The third-order valence-corrected chi connectivity index (χ3v) is 5.45. The molecule has 0 unspecified atom stereocenters. The van der Waals surface area contributed by atoms with Gasteiger partial charge in [-0.3, -0.25) is 9.10 Å². The van der Waals surface area contributed by atoms with E-state index < -0.39 is 21.7 Å². The number of hydrogen-bond donors (Lipinski definition) is 1. The zero-order chi connectivity index (χ0) is 17.5. The lowest BCUT2D eigenvalue weighted by atomic mass is 10.1. The van der Waals surface area contributed by atoms with Crippen LogP contribution in [0.3, 0.4) is 0 Å². The van der Waals surface area contributed by atoms with Crippen LogP contribution in [0.4, 0.5) is 15.8 Å². The molecule has 0 aliphatic carbocycles. The van der Waals surface area contributed by atoms with Crippen LogP contribution < -0.4 is 9.62 Å². The van der Waals surface area contributed by atoms with Crippen LogP contribution in [0.15, 0.2) is 40.9 Å². The molecule has 1 aliphatic rings. The third kappa shape index (κ3) is 3.29. The summed E-state index contributed by atoms with van der Waals surface area (Å²) in [6.45, 7) is 0.362. The fourth-order valence-corrected chi connectivity index (χ4v) is 3.93. The van der Waals surface area contributed by atoms with Crippen LogP contribution in [0, 0.1) is 5.82 Å². The molecule has 0 aromatic heterocycles. The molecule has 5 nitrogen and oxygen atoms in total. The molecule has 1 N–H and O–H groups in total. The van der Waals surface area contributed by atoms with Crippen molar-refractivity contribution in [2.45, 2.75) is 6.42 Å². The molecule has 0 radical (unpaired) electrons. The first kappa shape index (κ1) is 16.9. The number of carbonyl (C=O) groups excluding carboxylic acids is 1. The highest BCUT2D eigenvalue weighted by molar-refractivity contribution is 9.10. The zero-order valence-corrected chi connectivity index (χ0v) is 15.1. The Labute approximate surface area is 147 Å². The third-order valence-electron chi connectivity index (χ3n) is 3.77. The van der Waals surface area contributed by atoms with Gasteiger partial charge in [-0.05, 0) is 48.4 Å². The van der Waals surface area contributed by atoms with Gasteiger partial charge in [0.1, 0.15) is 5.82 Å². The summed E-state index contributed by atoms with van der Waals surface area (Å²) in [5.74, 6) is -0.987. The van der Waals surface area contributed by atoms with Crippen molar-refractivity contribution in [2.75, 3.05) is 22.4 Å².